The first-order valence-corrected chi connectivity index (χ1v) is 7.97. The Hall–Kier alpha value is -1.44. The van der Waals surface area contributed by atoms with Crippen LogP contribution in [0.5, 0.6) is 0 Å². The van der Waals surface area contributed by atoms with Gasteiger partial charge < -0.3 is 9.84 Å². The summed E-state index contributed by atoms with van der Waals surface area (Å²) in [5.41, 5.74) is 0.926. The van der Waals surface area contributed by atoms with Gasteiger partial charge in [0, 0.05) is 0 Å². The molecule has 1 saturated heterocycles. The first-order chi connectivity index (χ1) is 9.48. The second kappa shape index (κ2) is 6.34. The average molecular weight is 299 g/mol. The maximum Gasteiger partial charge on any atom is 0.310 e. The summed E-state index contributed by atoms with van der Waals surface area (Å²) < 4.78 is 31.4. The Morgan fingerprint density at radius 1 is 1.30 bits per heavy atom. The molecule has 1 aromatic carbocycles. The van der Waals surface area contributed by atoms with Crippen molar-refractivity contribution in [3.63, 3.8) is 0 Å². The third-order valence-electron chi connectivity index (χ3n) is 3.23. The molecule has 6 nitrogen and oxygen atoms in total. The number of rotatable bonds is 6. The van der Waals surface area contributed by atoms with E-state index in [1.165, 1.54) is 0 Å². The van der Waals surface area contributed by atoms with Gasteiger partial charge in [0.25, 0.3) is 0 Å². The Labute approximate surface area is 117 Å². The number of aryl methyl sites for hydroxylation is 1. The number of benzene rings is 1. The minimum atomic E-state index is -3.52. The molecule has 0 radical (unpaired) electrons. The second-order valence-electron chi connectivity index (χ2n) is 4.76. The van der Waals surface area contributed by atoms with Gasteiger partial charge in [-0.25, -0.2) is 13.1 Å². The molecule has 0 aromatic heterocycles. The summed E-state index contributed by atoms with van der Waals surface area (Å²) in [6, 6.07) is 8.58. The van der Waals surface area contributed by atoms with E-state index in [4.69, 9.17) is 9.84 Å². The van der Waals surface area contributed by atoms with Gasteiger partial charge in [0.05, 0.1) is 30.9 Å². The van der Waals surface area contributed by atoms with E-state index in [-0.39, 0.29) is 19.0 Å². The number of sulfonamides is 1. The highest BCUT2D eigenvalue weighted by atomic mass is 32.2. The molecule has 1 aliphatic heterocycles. The molecule has 0 amide bonds. The molecule has 2 rings (SSSR count). The topological polar surface area (TPSA) is 92.7 Å². The summed E-state index contributed by atoms with van der Waals surface area (Å²) in [4.78, 5) is 11.0. The largest absolute Gasteiger partial charge is 0.481 e. The molecule has 2 unspecified atom stereocenters. The second-order valence-corrected chi connectivity index (χ2v) is 6.63. The van der Waals surface area contributed by atoms with Crippen molar-refractivity contribution in [2.24, 2.45) is 5.92 Å². The van der Waals surface area contributed by atoms with Gasteiger partial charge in [0.2, 0.25) is 10.0 Å². The van der Waals surface area contributed by atoms with Crippen LogP contribution in [0.4, 0.5) is 0 Å². The van der Waals surface area contributed by atoms with Crippen LogP contribution in [0.15, 0.2) is 30.3 Å². The van der Waals surface area contributed by atoms with Crippen LogP contribution >= 0.6 is 0 Å². The van der Waals surface area contributed by atoms with Crippen LogP contribution in [0, 0.1) is 5.92 Å². The van der Waals surface area contributed by atoms with E-state index in [2.05, 4.69) is 4.72 Å². The quantitative estimate of drug-likeness (QED) is 0.785. The normalized spacial score (nSPS) is 22.8. The summed E-state index contributed by atoms with van der Waals surface area (Å²) in [6.07, 6.45) is 0.390. The van der Waals surface area contributed by atoms with E-state index < -0.39 is 28.0 Å². The van der Waals surface area contributed by atoms with Crippen LogP contribution in [0.1, 0.15) is 5.56 Å². The molecule has 1 heterocycles. The molecular formula is C13H17NO5S. The lowest BCUT2D eigenvalue weighted by atomic mass is 10.1. The van der Waals surface area contributed by atoms with E-state index in [1.54, 1.807) is 0 Å². The van der Waals surface area contributed by atoms with Crippen LogP contribution in [-0.2, 0) is 26.0 Å². The molecular weight excluding hydrogens is 282 g/mol. The number of hydrogen-bond acceptors (Lipinski definition) is 4. The molecule has 0 spiro atoms. The minimum absolute atomic E-state index is 0.0429. The van der Waals surface area contributed by atoms with Gasteiger partial charge in [-0.1, -0.05) is 30.3 Å². The predicted octanol–water partition coefficient (Wildman–Crippen LogP) is 0.248. The SMILES string of the molecule is O=C(O)C1COCC1NS(=O)(=O)CCc1ccccc1. The summed E-state index contributed by atoms with van der Waals surface area (Å²) in [5, 5.41) is 8.97. The zero-order chi connectivity index (χ0) is 14.6. The van der Waals surface area contributed by atoms with Crippen LogP contribution in [-0.4, -0.2) is 44.5 Å². The minimum Gasteiger partial charge on any atom is -0.481 e. The zero-order valence-electron chi connectivity index (χ0n) is 10.9. The summed E-state index contributed by atoms with van der Waals surface area (Å²) >= 11 is 0. The lowest BCUT2D eigenvalue weighted by Crippen LogP contribution is -2.43. The van der Waals surface area contributed by atoms with Crippen LogP contribution < -0.4 is 4.72 Å². The Morgan fingerprint density at radius 2 is 2.00 bits per heavy atom. The molecule has 1 fully saturated rings. The maximum absolute atomic E-state index is 12.0. The molecule has 1 aliphatic rings. The van der Waals surface area contributed by atoms with E-state index in [1.807, 2.05) is 30.3 Å². The molecule has 110 valence electrons. The molecule has 2 atom stereocenters. The molecule has 20 heavy (non-hydrogen) atoms. The summed E-state index contributed by atoms with van der Waals surface area (Å²) in [5.74, 6) is -1.93. The highest BCUT2D eigenvalue weighted by Gasteiger charge is 2.36. The Bertz CT molecular complexity index is 557. The number of aliphatic carboxylic acids is 1. The van der Waals surface area contributed by atoms with Crippen LogP contribution in [0.3, 0.4) is 0 Å². The number of carbonyl (C=O) groups is 1. The number of nitrogens with one attached hydrogen (secondary N) is 1. The highest BCUT2D eigenvalue weighted by molar-refractivity contribution is 7.89. The van der Waals surface area contributed by atoms with Crippen molar-refractivity contribution in [1.82, 2.24) is 4.72 Å². The monoisotopic (exact) mass is 299 g/mol. The number of ether oxygens (including phenoxy) is 1. The van der Waals surface area contributed by atoms with Crippen molar-refractivity contribution in [3.05, 3.63) is 35.9 Å². The fourth-order valence-corrected chi connectivity index (χ4v) is 3.42. The third-order valence-corrected chi connectivity index (χ3v) is 4.63. The van der Waals surface area contributed by atoms with Crippen molar-refractivity contribution in [2.75, 3.05) is 19.0 Å². The fourth-order valence-electron chi connectivity index (χ4n) is 2.10. The van der Waals surface area contributed by atoms with Gasteiger partial charge in [-0.05, 0) is 12.0 Å². The fraction of sp³-hybridized carbons (Fsp3) is 0.462. The highest BCUT2D eigenvalue weighted by Crippen LogP contribution is 2.15. The first-order valence-electron chi connectivity index (χ1n) is 6.32. The van der Waals surface area contributed by atoms with Gasteiger partial charge in [0.1, 0.15) is 0 Å². The maximum atomic E-state index is 12.0. The van der Waals surface area contributed by atoms with Crippen LogP contribution in [0.25, 0.3) is 0 Å². The average Bonchev–Trinajstić information content (AvgIpc) is 2.85. The number of carboxylic acid groups (broad SMARTS) is 1. The lowest BCUT2D eigenvalue weighted by molar-refractivity contribution is -0.142. The molecule has 1 aromatic rings. The van der Waals surface area contributed by atoms with E-state index in [0.717, 1.165) is 5.56 Å². The lowest BCUT2D eigenvalue weighted by Gasteiger charge is -2.15. The van der Waals surface area contributed by atoms with Crippen molar-refractivity contribution in [2.45, 2.75) is 12.5 Å². The third kappa shape index (κ3) is 4.03. The number of hydrogen-bond donors (Lipinski definition) is 2. The van der Waals surface area contributed by atoms with Gasteiger partial charge in [-0.2, -0.15) is 0 Å². The first kappa shape index (κ1) is 15.0. The van der Waals surface area contributed by atoms with E-state index >= 15 is 0 Å². The summed E-state index contributed by atoms with van der Waals surface area (Å²) in [6.45, 7) is 0.142. The van der Waals surface area contributed by atoms with Crippen molar-refractivity contribution >= 4 is 16.0 Å². The van der Waals surface area contributed by atoms with E-state index in [9.17, 15) is 13.2 Å². The van der Waals surface area contributed by atoms with Crippen molar-refractivity contribution in [1.29, 1.82) is 0 Å². The zero-order valence-corrected chi connectivity index (χ0v) is 11.7. The molecule has 2 N–H and O–H groups in total. The Kier molecular flexibility index (Phi) is 4.74. The molecule has 0 saturated carbocycles. The van der Waals surface area contributed by atoms with Gasteiger partial charge in [-0.15, -0.1) is 0 Å². The van der Waals surface area contributed by atoms with Crippen molar-refractivity contribution < 1.29 is 23.1 Å². The standard InChI is InChI=1S/C13H17NO5S/c15-13(16)11-8-19-9-12(11)14-20(17,18)7-6-10-4-2-1-3-5-10/h1-5,11-12,14H,6-9H2,(H,15,16). The van der Waals surface area contributed by atoms with E-state index in [0.29, 0.717) is 6.42 Å². The molecule has 0 aliphatic carbocycles. The van der Waals surface area contributed by atoms with Gasteiger partial charge in [0.15, 0.2) is 0 Å². The van der Waals surface area contributed by atoms with Crippen LogP contribution in [0.2, 0.25) is 0 Å². The predicted molar refractivity (Wildman–Crippen MR) is 72.8 cm³/mol. The van der Waals surface area contributed by atoms with Crippen molar-refractivity contribution in [3.8, 4) is 0 Å². The van der Waals surface area contributed by atoms with Gasteiger partial charge in [-0.3, -0.25) is 4.79 Å². The smallest absolute Gasteiger partial charge is 0.310 e. The molecule has 7 heteroatoms. The Morgan fingerprint density at radius 3 is 2.65 bits per heavy atom. The number of carboxylic acids is 1. The summed E-state index contributed by atoms with van der Waals surface area (Å²) in [7, 11) is -3.52. The Balaban J connectivity index is 1.92. The molecule has 0 bridgehead atoms. The van der Waals surface area contributed by atoms with Gasteiger partial charge >= 0.3 is 5.97 Å².